The lowest BCUT2D eigenvalue weighted by atomic mass is 9.88. The molecule has 4 nitrogen and oxygen atoms in total. The Hall–Kier alpha value is -2.62. The first-order valence-electron chi connectivity index (χ1n) is 8.69. The molecule has 0 bridgehead atoms. The van der Waals surface area contributed by atoms with Gasteiger partial charge in [-0.2, -0.15) is 0 Å². The van der Waals surface area contributed by atoms with Crippen LogP contribution in [0.5, 0.6) is 0 Å². The van der Waals surface area contributed by atoms with Crippen molar-refractivity contribution >= 4 is 11.9 Å². The largest absolute Gasteiger partial charge is 0.453 e. The number of esters is 2. The maximum absolute atomic E-state index is 11.9. The summed E-state index contributed by atoms with van der Waals surface area (Å²) < 4.78 is 11.4. The minimum atomic E-state index is -0.711. The third-order valence-corrected chi connectivity index (χ3v) is 4.51. The highest BCUT2D eigenvalue weighted by Gasteiger charge is 2.34. The fourth-order valence-corrected chi connectivity index (χ4v) is 3.45. The van der Waals surface area contributed by atoms with Crippen LogP contribution in [0.25, 0.3) is 0 Å². The van der Waals surface area contributed by atoms with E-state index in [1.807, 2.05) is 64.1 Å². The topological polar surface area (TPSA) is 52.6 Å². The molecule has 0 saturated carbocycles. The zero-order valence-electron chi connectivity index (χ0n) is 16.3. The zero-order chi connectivity index (χ0) is 19.4. The van der Waals surface area contributed by atoms with Crippen LogP contribution in [0, 0.1) is 27.7 Å². The van der Waals surface area contributed by atoms with Gasteiger partial charge in [0.1, 0.15) is 0 Å². The Morgan fingerprint density at radius 3 is 1.15 bits per heavy atom. The van der Waals surface area contributed by atoms with Gasteiger partial charge in [0.15, 0.2) is 12.2 Å². The van der Waals surface area contributed by atoms with Gasteiger partial charge in [0, 0.05) is 25.0 Å². The van der Waals surface area contributed by atoms with E-state index >= 15 is 0 Å². The van der Waals surface area contributed by atoms with E-state index in [-0.39, 0.29) is 0 Å². The van der Waals surface area contributed by atoms with Gasteiger partial charge in [0.05, 0.1) is 0 Å². The SMILES string of the molecule is CC(=O)OC(c1c(C)cccc1C)C(OC(C)=O)c1c(C)cccc1C. The van der Waals surface area contributed by atoms with Gasteiger partial charge in [-0.3, -0.25) is 9.59 Å². The van der Waals surface area contributed by atoms with Crippen LogP contribution in [0.15, 0.2) is 36.4 Å². The minimum Gasteiger partial charge on any atom is -0.453 e. The average molecular weight is 354 g/mol. The van der Waals surface area contributed by atoms with Crippen molar-refractivity contribution in [2.45, 2.75) is 53.8 Å². The summed E-state index contributed by atoms with van der Waals surface area (Å²) in [5.74, 6) is -0.831. The number of hydrogen-bond donors (Lipinski definition) is 0. The molecule has 0 radical (unpaired) electrons. The predicted molar refractivity (Wildman–Crippen MR) is 101 cm³/mol. The van der Waals surface area contributed by atoms with E-state index in [2.05, 4.69) is 0 Å². The van der Waals surface area contributed by atoms with Gasteiger partial charge < -0.3 is 9.47 Å². The Bertz CT molecular complexity index is 713. The van der Waals surface area contributed by atoms with E-state index < -0.39 is 24.1 Å². The van der Waals surface area contributed by atoms with Crippen molar-refractivity contribution in [1.29, 1.82) is 0 Å². The van der Waals surface area contributed by atoms with Crippen molar-refractivity contribution in [3.05, 3.63) is 69.8 Å². The average Bonchev–Trinajstić information content (AvgIpc) is 2.51. The molecule has 2 rings (SSSR count). The highest BCUT2D eigenvalue weighted by Crippen LogP contribution is 2.40. The summed E-state index contributed by atoms with van der Waals surface area (Å²) in [4.78, 5) is 23.8. The van der Waals surface area contributed by atoms with E-state index in [1.54, 1.807) is 0 Å². The van der Waals surface area contributed by atoms with E-state index in [0.29, 0.717) is 0 Å². The molecule has 0 heterocycles. The molecule has 2 unspecified atom stereocenters. The fraction of sp³-hybridized carbons (Fsp3) is 0.364. The van der Waals surface area contributed by atoms with Gasteiger partial charge in [0.2, 0.25) is 0 Å². The quantitative estimate of drug-likeness (QED) is 0.722. The molecule has 2 aromatic carbocycles. The molecule has 4 heteroatoms. The molecule has 0 N–H and O–H groups in total. The van der Waals surface area contributed by atoms with Gasteiger partial charge in [-0.1, -0.05) is 36.4 Å². The number of hydrogen-bond acceptors (Lipinski definition) is 4. The summed E-state index contributed by atoms with van der Waals surface area (Å²) in [5, 5.41) is 0. The second kappa shape index (κ2) is 8.17. The summed E-state index contributed by atoms with van der Waals surface area (Å²) in [5.41, 5.74) is 5.69. The Morgan fingerprint density at radius 2 is 0.923 bits per heavy atom. The van der Waals surface area contributed by atoms with Crippen LogP contribution in [-0.2, 0) is 19.1 Å². The summed E-state index contributed by atoms with van der Waals surface area (Å²) >= 11 is 0. The van der Waals surface area contributed by atoms with Crippen LogP contribution in [-0.4, -0.2) is 11.9 Å². The van der Waals surface area contributed by atoms with Crippen LogP contribution in [0.2, 0.25) is 0 Å². The number of benzene rings is 2. The number of carbonyl (C=O) groups excluding carboxylic acids is 2. The van der Waals surface area contributed by atoms with E-state index in [0.717, 1.165) is 33.4 Å². The maximum atomic E-state index is 11.9. The first-order chi connectivity index (χ1) is 12.2. The molecule has 0 amide bonds. The first-order valence-corrected chi connectivity index (χ1v) is 8.69. The second-order valence-corrected chi connectivity index (χ2v) is 6.67. The number of ether oxygens (including phenoxy) is 2. The minimum absolute atomic E-state index is 0.416. The van der Waals surface area contributed by atoms with Crippen LogP contribution < -0.4 is 0 Å². The van der Waals surface area contributed by atoms with Gasteiger partial charge >= 0.3 is 11.9 Å². The summed E-state index contributed by atoms with van der Waals surface area (Å²) in [7, 11) is 0. The van der Waals surface area contributed by atoms with Crippen LogP contribution in [0.3, 0.4) is 0 Å². The normalized spacial score (nSPS) is 13.0. The van der Waals surface area contributed by atoms with Crippen molar-refractivity contribution in [3.63, 3.8) is 0 Å². The lowest BCUT2D eigenvalue weighted by Crippen LogP contribution is -2.24. The molecule has 0 saturated heterocycles. The molecular formula is C22H26O4. The van der Waals surface area contributed by atoms with Crippen molar-refractivity contribution in [3.8, 4) is 0 Å². The van der Waals surface area contributed by atoms with Crippen LogP contribution in [0.4, 0.5) is 0 Å². The lowest BCUT2D eigenvalue weighted by molar-refractivity contribution is -0.167. The molecule has 0 aromatic heterocycles. The number of rotatable bonds is 5. The van der Waals surface area contributed by atoms with E-state index in [1.165, 1.54) is 13.8 Å². The summed E-state index contributed by atoms with van der Waals surface area (Å²) in [6, 6.07) is 11.8. The molecule has 0 aliphatic heterocycles. The standard InChI is InChI=1S/C22H26O4/c1-13-9-7-10-14(2)19(13)21(25-17(5)23)22(26-18(6)24)20-15(3)11-8-12-16(20)4/h7-12,21-22H,1-6H3. The Morgan fingerprint density at radius 1 is 0.654 bits per heavy atom. The zero-order valence-corrected chi connectivity index (χ0v) is 16.3. The number of aryl methyl sites for hydroxylation is 4. The first kappa shape index (κ1) is 19.7. The Labute approximate surface area is 155 Å². The molecule has 2 atom stereocenters. The molecule has 2 aromatic rings. The maximum Gasteiger partial charge on any atom is 0.303 e. The van der Waals surface area contributed by atoms with E-state index in [4.69, 9.17) is 9.47 Å². The molecule has 0 aliphatic rings. The molecule has 0 aliphatic carbocycles. The smallest absolute Gasteiger partial charge is 0.303 e. The Balaban J connectivity index is 2.71. The van der Waals surface area contributed by atoms with Gasteiger partial charge in [-0.05, 0) is 49.9 Å². The molecule has 0 fully saturated rings. The predicted octanol–water partition coefficient (Wildman–Crippen LogP) is 4.83. The van der Waals surface area contributed by atoms with Crippen molar-refractivity contribution in [1.82, 2.24) is 0 Å². The fourth-order valence-electron chi connectivity index (χ4n) is 3.45. The lowest BCUT2D eigenvalue weighted by Gasteiger charge is -2.31. The summed E-state index contributed by atoms with van der Waals surface area (Å²) in [6.07, 6.45) is -1.42. The monoisotopic (exact) mass is 354 g/mol. The van der Waals surface area contributed by atoms with Crippen molar-refractivity contribution in [2.24, 2.45) is 0 Å². The third-order valence-electron chi connectivity index (χ3n) is 4.51. The molecule has 0 spiro atoms. The Kier molecular flexibility index (Phi) is 6.19. The number of carbonyl (C=O) groups is 2. The third kappa shape index (κ3) is 4.31. The van der Waals surface area contributed by atoms with Gasteiger partial charge in [-0.15, -0.1) is 0 Å². The van der Waals surface area contributed by atoms with E-state index in [9.17, 15) is 9.59 Å². The highest BCUT2D eigenvalue weighted by atomic mass is 16.6. The molecule has 26 heavy (non-hydrogen) atoms. The van der Waals surface area contributed by atoms with Crippen LogP contribution >= 0.6 is 0 Å². The summed E-state index contributed by atoms with van der Waals surface area (Å²) in [6.45, 7) is 10.6. The van der Waals surface area contributed by atoms with Gasteiger partial charge in [0.25, 0.3) is 0 Å². The van der Waals surface area contributed by atoms with Crippen molar-refractivity contribution < 1.29 is 19.1 Å². The second-order valence-electron chi connectivity index (χ2n) is 6.67. The highest BCUT2D eigenvalue weighted by molar-refractivity contribution is 5.68. The molecular weight excluding hydrogens is 328 g/mol. The van der Waals surface area contributed by atoms with Crippen LogP contribution in [0.1, 0.15) is 59.4 Å². The van der Waals surface area contributed by atoms with Crippen molar-refractivity contribution in [2.75, 3.05) is 0 Å². The molecule has 138 valence electrons. The van der Waals surface area contributed by atoms with Gasteiger partial charge in [-0.25, -0.2) is 0 Å².